The monoisotopic (exact) mass is 446 g/mol. The summed E-state index contributed by atoms with van der Waals surface area (Å²) in [6.45, 7) is 8.64. The van der Waals surface area contributed by atoms with Crippen molar-refractivity contribution in [2.75, 3.05) is 5.32 Å². The van der Waals surface area contributed by atoms with Gasteiger partial charge in [-0.05, 0) is 73.6 Å². The predicted octanol–water partition coefficient (Wildman–Crippen LogP) is 7.80. The van der Waals surface area contributed by atoms with Gasteiger partial charge in [-0.1, -0.05) is 64.7 Å². The topological polar surface area (TPSA) is 51.2 Å². The summed E-state index contributed by atoms with van der Waals surface area (Å²) in [6, 6.07) is 16.1. The summed E-state index contributed by atoms with van der Waals surface area (Å²) < 4.78 is 6.23. The molecule has 2 unspecified atom stereocenters. The maximum absolute atomic E-state index is 13.3. The zero-order valence-electron chi connectivity index (χ0n) is 20.6. The molecule has 0 aliphatic heterocycles. The smallest absolute Gasteiger partial charge is 0.265 e. The molecule has 3 rings (SSSR count). The maximum Gasteiger partial charge on any atom is 0.265 e. The lowest BCUT2D eigenvalue weighted by Crippen LogP contribution is -2.33. The van der Waals surface area contributed by atoms with Crippen molar-refractivity contribution >= 4 is 22.5 Å². The van der Waals surface area contributed by atoms with Crippen molar-refractivity contribution in [2.45, 2.75) is 84.7 Å². The number of pyridine rings is 1. The van der Waals surface area contributed by atoms with Gasteiger partial charge < -0.3 is 10.1 Å². The summed E-state index contributed by atoms with van der Waals surface area (Å²) in [6.07, 6.45) is 8.84. The number of anilines is 1. The van der Waals surface area contributed by atoms with Crippen LogP contribution in [-0.4, -0.2) is 17.0 Å². The molecule has 0 bridgehead atoms. The summed E-state index contributed by atoms with van der Waals surface area (Å²) in [7, 11) is 0. The van der Waals surface area contributed by atoms with E-state index in [2.05, 4.69) is 49.3 Å². The van der Waals surface area contributed by atoms with E-state index in [1.165, 1.54) is 24.8 Å². The van der Waals surface area contributed by atoms with Crippen LogP contribution in [0.5, 0.6) is 5.75 Å². The minimum atomic E-state index is -0.533. The van der Waals surface area contributed by atoms with Gasteiger partial charge in [0.15, 0.2) is 6.10 Å². The predicted molar refractivity (Wildman–Crippen MR) is 138 cm³/mol. The molecule has 0 radical (unpaired) electrons. The number of carbonyl (C=O) groups excluding carboxylic acids is 1. The van der Waals surface area contributed by atoms with E-state index in [1.807, 2.05) is 43.5 Å². The number of rotatable bonds is 12. The molecule has 0 spiro atoms. The van der Waals surface area contributed by atoms with Crippen LogP contribution in [0.2, 0.25) is 0 Å². The zero-order chi connectivity index (χ0) is 23.6. The largest absolute Gasteiger partial charge is 0.481 e. The summed E-state index contributed by atoms with van der Waals surface area (Å²) in [5.74, 6) is 1.15. The molecular weight excluding hydrogens is 408 g/mol. The van der Waals surface area contributed by atoms with Crippen LogP contribution in [0.15, 0.2) is 54.7 Å². The first-order valence-corrected chi connectivity index (χ1v) is 12.4. The van der Waals surface area contributed by atoms with E-state index in [-0.39, 0.29) is 5.91 Å². The molecule has 33 heavy (non-hydrogen) atoms. The number of unbranched alkanes of at least 4 members (excludes halogenated alkanes) is 4. The summed E-state index contributed by atoms with van der Waals surface area (Å²) >= 11 is 0. The van der Waals surface area contributed by atoms with E-state index >= 15 is 0 Å². The number of fused-ring (bicyclic) bond motifs is 1. The Hall–Kier alpha value is -2.88. The second-order valence-electron chi connectivity index (χ2n) is 9.06. The van der Waals surface area contributed by atoms with Crippen molar-refractivity contribution in [1.82, 2.24) is 4.98 Å². The minimum absolute atomic E-state index is 0.106. The number of hydrogen-bond donors (Lipinski definition) is 1. The van der Waals surface area contributed by atoms with Gasteiger partial charge >= 0.3 is 0 Å². The summed E-state index contributed by atoms with van der Waals surface area (Å²) in [5.41, 5.74) is 4.01. The quantitative estimate of drug-likeness (QED) is 0.289. The molecule has 1 heterocycles. The van der Waals surface area contributed by atoms with Crippen LogP contribution in [0.25, 0.3) is 10.9 Å². The number of amides is 1. The van der Waals surface area contributed by atoms with Gasteiger partial charge in [0.05, 0.1) is 11.2 Å². The van der Waals surface area contributed by atoms with Crippen LogP contribution in [0.3, 0.4) is 0 Å². The summed E-state index contributed by atoms with van der Waals surface area (Å²) in [5, 5.41) is 4.07. The Morgan fingerprint density at radius 2 is 1.79 bits per heavy atom. The van der Waals surface area contributed by atoms with Gasteiger partial charge in [-0.15, -0.1) is 0 Å². The van der Waals surface area contributed by atoms with E-state index in [9.17, 15) is 4.79 Å². The molecule has 2 atom stereocenters. The third-order valence-electron chi connectivity index (χ3n) is 6.32. The molecule has 1 N–H and O–H groups in total. The molecule has 4 heteroatoms. The fraction of sp³-hybridized carbons (Fsp3) is 0.448. The standard InChI is InChI=1S/C29H38N2O2/c1-5-7-8-9-10-14-28(33-24-17-15-23(16-18-24)22(4)6-2)29(32)31-27-13-11-12-26-25(27)19-21(3)20-30-26/h11-13,15-20,22,28H,5-10,14H2,1-4H3,(H,31,32). The Morgan fingerprint density at radius 1 is 1.03 bits per heavy atom. The number of aryl methyl sites for hydroxylation is 1. The average Bonchev–Trinajstić information content (AvgIpc) is 2.83. The molecule has 4 nitrogen and oxygen atoms in total. The Balaban J connectivity index is 1.75. The van der Waals surface area contributed by atoms with Crippen molar-refractivity contribution in [3.63, 3.8) is 0 Å². The number of aromatic nitrogens is 1. The zero-order valence-corrected chi connectivity index (χ0v) is 20.6. The first kappa shape index (κ1) is 24.8. The van der Waals surface area contributed by atoms with E-state index in [0.29, 0.717) is 12.3 Å². The van der Waals surface area contributed by atoms with Gasteiger partial charge in [-0.2, -0.15) is 0 Å². The minimum Gasteiger partial charge on any atom is -0.481 e. The van der Waals surface area contributed by atoms with Gasteiger partial charge in [0.25, 0.3) is 5.91 Å². The molecule has 0 saturated carbocycles. The number of benzene rings is 2. The van der Waals surface area contributed by atoms with Crippen LogP contribution in [0, 0.1) is 6.92 Å². The molecule has 1 amide bonds. The lowest BCUT2D eigenvalue weighted by molar-refractivity contribution is -0.123. The van der Waals surface area contributed by atoms with Gasteiger partial charge in [-0.25, -0.2) is 0 Å². The normalized spacial score (nSPS) is 13.0. The first-order valence-electron chi connectivity index (χ1n) is 12.4. The molecule has 176 valence electrons. The van der Waals surface area contributed by atoms with Gasteiger partial charge in [0.2, 0.25) is 0 Å². The molecular formula is C29H38N2O2. The van der Waals surface area contributed by atoms with E-state index in [4.69, 9.17) is 4.74 Å². The lowest BCUT2D eigenvalue weighted by atomic mass is 9.99. The maximum atomic E-state index is 13.3. The molecule has 0 saturated heterocycles. The lowest BCUT2D eigenvalue weighted by Gasteiger charge is -2.20. The molecule has 3 aromatic rings. The highest BCUT2D eigenvalue weighted by molar-refractivity contribution is 6.02. The second kappa shape index (κ2) is 12.4. The van der Waals surface area contributed by atoms with Crippen molar-refractivity contribution < 1.29 is 9.53 Å². The Bertz CT molecular complexity index is 1030. The van der Waals surface area contributed by atoms with Crippen LogP contribution >= 0.6 is 0 Å². The third-order valence-corrected chi connectivity index (χ3v) is 6.32. The third kappa shape index (κ3) is 7.05. The highest BCUT2D eigenvalue weighted by Crippen LogP contribution is 2.25. The molecule has 1 aromatic heterocycles. The molecule has 0 fully saturated rings. The number of nitrogens with zero attached hydrogens (tertiary/aromatic N) is 1. The van der Waals surface area contributed by atoms with Crippen molar-refractivity contribution in [1.29, 1.82) is 0 Å². The summed E-state index contributed by atoms with van der Waals surface area (Å²) in [4.78, 5) is 17.8. The molecule has 0 aliphatic carbocycles. The second-order valence-corrected chi connectivity index (χ2v) is 9.06. The van der Waals surface area contributed by atoms with Crippen molar-refractivity contribution in [3.05, 3.63) is 65.9 Å². The van der Waals surface area contributed by atoms with E-state index in [1.54, 1.807) is 0 Å². The van der Waals surface area contributed by atoms with Gasteiger partial charge in [-0.3, -0.25) is 9.78 Å². The number of carbonyl (C=O) groups is 1. The van der Waals surface area contributed by atoms with Crippen molar-refractivity contribution in [3.8, 4) is 5.75 Å². The fourth-order valence-electron chi connectivity index (χ4n) is 4.03. The average molecular weight is 447 g/mol. The number of ether oxygens (including phenoxy) is 1. The highest BCUT2D eigenvalue weighted by Gasteiger charge is 2.21. The van der Waals surface area contributed by atoms with Crippen LogP contribution in [0.1, 0.15) is 82.8 Å². The molecule has 0 aliphatic rings. The Kier molecular flexibility index (Phi) is 9.29. The SMILES string of the molecule is CCCCCCCC(Oc1ccc(C(C)CC)cc1)C(=O)Nc1cccc2ncc(C)cc12. The fourth-order valence-corrected chi connectivity index (χ4v) is 4.03. The Morgan fingerprint density at radius 3 is 2.52 bits per heavy atom. The number of nitrogens with one attached hydrogen (secondary N) is 1. The van der Waals surface area contributed by atoms with Gasteiger partial charge in [0.1, 0.15) is 5.75 Å². The van der Waals surface area contributed by atoms with Gasteiger partial charge in [0, 0.05) is 11.6 Å². The Labute approximate surface area is 198 Å². The van der Waals surface area contributed by atoms with E-state index < -0.39 is 6.10 Å². The highest BCUT2D eigenvalue weighted by atomic mass is 16.5. The molecule has 2 aromatic carbocycles. The van der Waals surface area contributed by atoms with E-state index in [0.717, 1.165) is 47.2 Å². The van der Waals surface area contributed by atoms with Crippen LogP contribution < -0.4 is 10.1 Å². The van der Waals surface area contributed by atoms with Crippen molar-refractivity contribution in [2.24, 2.45) is 0 Å². The van der Waals surface area contributed by atoms with Crippen LogP contribution in [0.4, 0.5) is 5.69 Å². The first-order chi connectivity index (χ1) is 16.0. The number of hydrogen-bond acceptors (Lipinski definition) is 3. The van der Waals surface area contributed by atoms with Crippen LogP contribution in [-0.2, 0) is 4.79 Å².